The standard InChI is InChI=1S/C13H10BrCl2N3O/c1-17-12-8(3-2-4-18-12)13(20)19-11-9(15)5-7(14)6-10(11)16/h2-6H,1H3,(H,17,18)(H,19,20). The number of carbonyl (C=O) groups excluding carboxylic acids is 1. The molecule has 4 nitrogen and oxygen atoms in total. The molecule has 1 aromatic carbocycles. The van der Waals surface area contributed by atoms with Crippen LogP contribution in [0, 0.1) is 0 Å². The van der Waals surface area contributed by atoms with Crippen LogP contribution in [0.5, 0.6) is 0 Å². The van der Waals surface area contributed by atoms with Gasteiger partial charge in [0.1, 0.15) is 5.82 Å². The number of rotatable bonds is 3. The fourth-order valence-corrected chi connectivity index (χ4v) is 2.93. The molecule has 1 amide bonds. The van der Waals surface area contributed by atoms with E-state index in [2.05, 4.69) is 31.5 Å². The monoisotopic (exact) mass is 373 g/mol. The molecule has 0 fully saturated rings. The molecule has 2 aromatic rings. The molecule has 0 radical (unpaired) electrons. The lowest BCUT2D eigenvalue weighted by molar-refractivity contribution is 0.102. The van der Waals surface area contributed by atoms with Crippen LogP contribution in [0.4, 0.5) is 11.5 Å². The van der Waals surface area contributed by atoms with Crippen LogP contribution >= 0.6 is 39.1 Å². The number of nitrogens with zero attached hydrogens (tertiary/aromatic N) is 1. The van der Waals surface area contributed by atoms with Crippen LogP contribution in [-0.2, 0) is 0 Å². The average molecular weight is 375 g/mol. The predicted molar refractivity (Wildman–Crippen MR) is 85.9 cm³/mol. The van der Waals surface area contributed by atoms with Gasteiger partial charge in [-0.15, -0.1) is 0 Å². The number of carbonyl (C=O) groups is 1. The Kier molecular flexibility index (Phi) is 4.86. The topological polar surface area (TPSA) is 54.0 Å². The van der Waals surface area contributed by atoms with Gasteiger partial charge in [0.25, 0.3) is 5.91 Å². The summed E-state index contributed by atoms with van der Waals surface area (Å²) < 4.78 is 0.739. The average Bonchev–Trinajstić information content (AvgIpc) is 2.42. The van der Waals surface area contributed by atoms with Crippen molar-refractivity contribution in [3.8, 4) is 0 Å². The van der Waals surface area contributed by atoms with E-state index in [0.29, 0.717) is 27.1 Å². The maximum absolute atomic E-state index is 12.3. The molecule has 104 valence electrons. The summed E-state index contributed by atoms with van der Waals surface area (Å²) in [7, 11) is 1.69. The quantitative estimate of drug-likeness (QED) is 0.834. The first-order valence-corrected chi connectivity index (χ1v) is 7.16. The van der Waals surface area contributed by atoms with Crippen molar-refractivity contribution in [1.29, 1.82) is 0 Å². The fraction of sp³-hybridized carbons (Fsp3) is 0.0769. The first-order chi connectivity index (χ1) is 9.52. The first kappa shape index (κ1) is 15.1. The minimum atomic E-state index is -0.339. The summed E-state index contributed by atoms with van der Waals surface area (Å²) >= 11 is 15.4. The molecule has 0 spiro atoms. The zero-order valence-electron chi connectivity index (χ0n) is 10.4. The second kappa shape index (κ2) is 6.43. The molecule has 0 unspecified atom stereocenters. The van der Waals surface area contributed by atoms with E-state index in [1.54, 1.807) is 37.5 Å². The number of aromatic nitrogens is 1. The van der Waals surface area contributed by atoms with Gasteiger partial charge in [-0.05, 0) is 24.3 Å². The molecule has 2 N–H and O–H groups in total. The van der Waals surface area contributed by atoms with Crippen molar-refractivity contribution in [2.45, 2.75) is 0 Å². The second-order valence-corrected chi connectivity index (χ2v) is 5.58. The van der Waals surface area contributed by atoms with Crippen molar-refractivity contribution < 1.29 is 4.79 Å². The van der Waals surface area contributed by atoms with Gasteiger partial charge < -0.3 is 10.6 Å². The number of amides is 1. The van der Waals surface area contributed by atoms with Gasteiger partial charge in [0, 0.05) is 17.7 Å². The third-order valence-corrected chi connectivity index (χ3v) is 3.59. The molecular weight excluding hydrogens is 365 g/mol. The molecule has 0 saturated carbocycles. The maximum Gasteiger partial charge on any atom is 0.259 e. The first-order valence-electron chi connectivity index (χ1n) is 5.61. The van der Waals surface area contributed by atoms with Crippen molar-refractivity contribution in [2.24, 2.45) is 0 Å². The van der Waals surface area contributed by atoms with E-state index >= 15 is 0 Å². The molecule has 0 atom stereocenters. The highest BCUT2D eigenvalue weighted by Gasteiger charge is 2.15. The van der Waals surface area contributed by atoms with Gasteiger partial charge in [0.05, 0.1) is 21.3 Å². The Labute approximate surface area is 134 Å². The Bertz CT molecular complexity index is 641. The van der Waals surface area contributed by atoms with Crippen molar-refractivity contribution in [3.63, 3.8) is 0 Å². The van der Waals surface area contributed by atoms with Crippen LogP contribution in [0.1, 0.15) is 10.4 Å². The van der Waals surface area contributed by atoms with E-state index in [1.165, 1.54) is 0 Å². The van der Waals surface area contributed by atoms with Gasteiger partial charge in [-0.25, -0.2) is 4.98 Å². The van der Waals surface area contributed by atoms with E-state index in [1.807, 2.05) is 0 Å². The molecule has 0 bridgehead atoms. The highest BCUT2D eigenvalue weighted by molar-refractivity contribution is 9.10. The number of hydrogen-bond donors (Lipinski definition) is 2. The van der Waals surface area contributed by atoms with Gasteiger partial charge in [-0.3, -0.25) is 4.79 Å². The Morgan fingerprint density at radius 1 is 1.30 bits per heavy atom. The summed E-state index contributed by atoms with van der Waals surface area (Å²) in [6, 6.07) is 6.66. The Morgan fingerprint density at radius 3 is 2.55 bits per heavy atom. The molecule has 0 aliphatic heterocycles. The summed E-state index contributed by atoms with van der Waals surface area (Å²) in [6.45, 7) is 0. The van der Waals surface area contributed by atoms with E-state index in [4.69, 9.17) is 23.2 Å². The van der Waals surface area contributed by atoms with Crippen molar-refractivity contribution in [1.82, 2.24) is 4.98 Å². The minimum absolute atomic E-state index is 0.339. The number of halogens is 3. The van der Waals surface area contributed by atoms with E-state index in [0.717, 1.165) is 4.47 Å². The Morgan fingerprint density at radius 2 is 1.95 bits per heavy atom. The SMILES string of the molecule is CNc1ncccc1C(=O)Nc1c(Cl)cc(Br)cc1Cl. The number of nitrogens with one attached hydrogen (secondary N) is 2. The number of pyridine rings is 1. The van der Waals surface area contributed by atoms with E-state index < -0.39 is 0 Å². The Hall–Kier alpha value is -1.30. The third-order valence-electron chi connectivity index (χ3n) is 2.53. The van der Waals surface area contributed by atoms with Gasteiger partial charge in [-0.2, -0.15) is 0 Å². The largest absolute Gasteiger partial charge is 0.372 e. The second-order valence-electron chi connectivity index (χ2n) is 3.85. The molecule has 2 rings (SSSR count). The molecule has 1 aromatic heterocycles. The minimum Gasteiger partial charge on any atom is -0.372 e. The van der Waals surface area contributed by atoms with Crippen LogP contribution in [0.25, 0.3) is 0 Å². The number of anilines is 2. The normalized spacial score (nSPS) is 10.2. The van der Waals surface area contributed by atoms with Gasteiger partial charge in [0.15, 0.2) is 0 Å². The van der Waals surface area contributed by atoms with Crippen LogP contribution < -0.4 is 10.6 Å². The van der Waals surface area contributed by atoms with Crippen molar-refractivity contribution >= 4 is 56.5 Å². The lowest BCUT2D eigenvalue weighted by atomic mass is 10.2. The van der Waals surface area contributed by atoms with Crippen molar-refractivity contribution in [2.75, 3.05) is 17.7 Å². The molecular formula is C13H10BrCl2N3O. The van der Waals surface area contributed by atoms with E-state index in [9.17, 15) is 4.79 Å². The molecule has 20 heavy (non-hydrogen) atoms. The van der Waals surface area contributed by atoms with Gasteiger partial charge in [0.2, 0.25) is 0 Å². The maximum atomic E-state index is 12.3. The summed E-state index contributed by atoms with van der Waals surface area (Å²) in [6.07, 6.45) is 1.60. The zero-order valence-corrected chi connectivity index (χ0v) is 13.5. The zero-order chi connectivity index (χ0) is 14.7. The van der Waals surface area contributed by atoms with E-state index in [-0.39, 0.29) is 5.91 Å². The number of hydrogen-bond acceptors (Lipinski definition) is 3. The van der Waals surface area contributed by atoms with Crippen LogP contribution in [-0.4, -0.2) is 17.9 Å². The van der Waals surface area contributed by atoms with Crippen LogP contribution in [0.3, 0.4) is 0 Å². The molecule has 1 heterocycles. The third kappa shape index (κ3) is 3.23. The highest BCUT2D eigenvalue weighted by atomic mass is 79.9. The molecule has 7 heteroatoms. The number of benzene rings is 1. The molecule has 0 aliphatic carbocycles. The summed E-state index contributed by atoms with van der Waals surface area (Å²) in [4.78, 5) is 16.3. The fourth-order valence-electron chi connectivity index (χ4n) is 1.63. The predicted octanol–water partition coefficient (Wildman–Crippen LogP) is 4.44. The summed E-state index contributed by atoms with van der Waals surface area (Å²) in [5, 5.41) is 6.26. The molecule has 0 saturated heterocycles. The van der Waals surface area contributed by atoms with Gasteiger partial charge >= 0.3 is 0 Å². The molecule has 0 aliphatic rings. The van der Waals surface area contributed by atoms with Crippen molar-refractivity contribution in [3.05, 3.63) is 50.5 Å². The Balaban J connectivity index is 2.33. The van der Waals surface area contributed by atoms with Crippen LogP contribution in [0.2, 0.25) is 10.0 Å². The lowest BCUT2D eigenvalue weighted by Crippen LogP contribution is -2.15. The summed E-state index contributed by atoms with van der Waals surface area (Å²) in [5.74, 6) is 0.142. The summed E-state index contributed by atoms with van der Waals surface area (Å²) in [5.41, 5.74) is 0.775. The van der Waals surface area contributed by atoms with Gasteiger partial charge in [-0.1, -0.05) is 39.1 Å². The van der Waals surface area contributed by atoms with Crippen LogP contribution in [0.15, 0.2) is 34.9 Å². The smallest absolute Gasteiger partial charge is 0.259 e. The highest BCUT2D eigenvalue weighted by Crippen LogP contribution is 2.34. The lowest BCUT2D eigenvalue weighted by Gasteiger charge is -2.11.